The molecule has 0 saturated carbocycles. The molecule has 2 aliphatic rings. The Morgan fingerprint density at radius 2 is 1.97 bits per heavy atom. The third-order valence-corrected chi connectivity index (χ3v) is 9.06. The van der Waals surface area contributed by atoms with Gasteiger partial charge < -0.3 is 19.5 Å². The molecule has 1 atom stereocenters. The van der Waals surface area contributed by atoms with Crippen LogP contribution in [-0.4, -0.2) is 59.6 Å². The zero-order chi connectivity index (χ0) is 23.6. The summed E-state index contributed by atoms with van der Waals surface area (Å²) < 4.78 is 8.30. The first-order chi connectivity index (χ1) is 16.4. The summed E-state index contributed by atoms with van der Waals surface area (Å²) in [5.41, 5.74) is 4.71. The van der Waals surface area contributed by atoms with Gasteiger partial charge in [-0.05, 0) is 50.4 Å². The number of hydrogen-bond acceptors (Lipinski definition) is 6. The summed E-state index contributed by atoms with van der Waals surface area (Å²) in [4.78, 5) is 7.41. The normalized spacial score (nSPS) is 21.4. The van der Waals surface area contributed by atoms with Gasteiger partial charge in [-0.25, -0.2) is 4.98 Å². The molecule has 2 fully saturated rings. The number of nitrogens with zero attached hydrogens (tertiary/aromatic N) is 5. The van der Waals surface area contributed by atoms with Crippen LogP contribution in [0.5, 0.6) is 0 Å². The molecule has 0 amide bonds. The van der Waals surface area contributed by atoms with Crippen molar-refractivity contribution in [2.75, 3.05) is 31.1 Å². The monoisotopic (exact) mass is 478 g/mol. The van der Waals surface area contributed by atoms with E-state index >= 15 is 0 Å². The van der Waals surface area contributed by atoms with Gasteiger partial charge in [0.1, 0.15) is 12.4 Å². The lowest BCUT2D eigenvalue weighted by Crippen LogP contribution is -2.59. The Hall–Kier alpha value is -2.29. The summed E-state index contributed by atoms with van der Waals surface area (Å²) in [6.45, 7) is 11.7. The van der Waals surface area contributed by atoms with Crippen LogP contribution in [-0.2, 0) is 11.5 Å². The van der Waals surface area contributed by atoms with Crippen LogP contribution in [0.1, 0.15) is 32.1 Å². The second-order valence-corrected chi connectivity index (χ2v) is 16.8. The maximum atomic E-state index is 6.13. The molecule has 0 aromatic carbocycles. The molecule has 5 heterocycles. The van der Waals surface area contributed by atoms with E-state index in [2.05, 4.69) is 56.9 Å². The summed E-state index contributed by atoms with van der Waals surface area (Å²) in [5, 5.41) is 13.2. The van der Waals surface area contributed by atoms with Gasteiger partial charge in [-0.3, -0.25) is 0 Å². The first-order valence-electron chi connectivity index (χ1n) is 12.8. The fraction of sp³-hybridized carbons (Fsp3) is 0.577. The summed E-state index contributed by atoms with van der Waals surface area (Å²) >= 11 is 0. The molecule has 7 nitrogen and oxygen atoms in total. The fourth-order valence-electron chi connectivity index (χ4n) is 5.49. The first kappa shape index (κ1) is 23.4. The lowest BCUT2D eigenvalue weighted by Gasteiger charge is -2.47. The SMILES string of the molecule is C[Si](C)(C)CCOCn1cc(-c2ccnnc2)c2c(N3CCCC4(CCCCN4)C3)ccnc21. The Kier molecular flexibility index (Phi) is 6.73. The Morgan fingerprint density at radius 1 is 1.09 bits per heavy atom. The molecular weight excluding hydrogens is 440 g/mol. The number of hydrogen-bond donors (Lipinski definition) is 1. The number of fused-ring (bicyclic) bond motifs is 1. The lowest BCUT2D eigenvalue weighted by molar-refractivity contribution is 0.0899. The van der Waals surface area contributed by atoms with Gasteiger partial charge in [-0.15, -0.1) is 0 Å². The molecule has 1 unspecified atom stereocenters. The van der Waals surface area contributed by atoms with Gasteiger partial charge in [0.05, 0.1) is 17.8 Å². The van der Waals surface area contributed by atoms with Gasteiger partial charge in [-0.2, -0.15) is 10.2 Å². The number of pyridine rings is 1. The van der Waals surface area contributed by atoms with Crippen molar-refractivity contribution in [1.29, 1.82) is 0 Å². The Bertz CT molecular complexity index is 1100. The second kappa shape index (κ2) is 9.75. The Labute approximate surface area is 203 Å². The molecule has 1 N–H and O–H groups in total. The minimum absolute atomic E-state index is 0.243. The van der Waals surface area contributed by atoms with E-state index in [4.69, 9.17) is 9.72 Å². The average Bonchev–Trinajstić information content (AvgIpc) is 3.21. The van der Waals surface area contributed by atoms with E-state index in [0.717, 1.165) is 49.1 Å². The predicted molar refractivity (Wildman–Crippen MR) is 141 cm³/mol. The zero-order valence-electron chi connectivity index (χ0n) is 20.9. The third kappa shape index (κ3) is 5.04. The van der Waals surface area contributed by atoms with E-state index in [1.165, 1.54) is 43.2 Å². The minimum Gasteiger partial charge on any atom is -0.369 e. The van der Waals surface area contributed by atoms with Gasteiger partial charge in [0.25, 0.3) is 0 Å². The highest BCUT2D eigenvalue weighted by molar-refractivity contribution is 6.76. The summed E-state index contributed by atoms with van der Waals surface area (Å²) in [7, 11) is -1.13. The number of piperidine rings is 2. The van der Waals surface area contributed by atoms with E-state index in [9.17, 15) is 0 Å². The molecule has 5 rings (SSSR count). The van der Waals surface area contributed by atoms with E-state index in [-0.39, 0.29) is 5.54 Å². The molecule has 182 valence electrons. The van der Waals surface area contributed by atoms with E-state index in [1.807, 2.05) is 18.5 Å². The van der Waals surface area contributed by atoms with E-state index < -0.39 is 8.07 Å². The van der Waals surface area contributed by atoms with Crippen LogP contribution in [0.25, 0.3) is 22.2 Å². The van der Waals surface area contributed by atoms with Crippen LogP contribution < -0.4 is 10.2 Å². The van der Waals surface area contributed by atoms with Crippen molar-refractivity contribution in [3.8, 4) is 11.1 Å². The highest BCUT2D eigenvalue weighted by atomic mass is 28.3. The van der Waals surface area contributed by atoms with Crippen LogP contribution >= 0.6 is 0 Å². The van der Waals surface area contributed by atoms with Crippen molar-refractivity contribution < 1.29 is 4.74 Å². The van der Waals surface area contributed by atoms with Crippen molar-refractivity contribution in [2.45, 2.75) is 70.1 Å². The zero-order valence-corrected chi connectivity index (χ0v) is 21.9. The largest absolute Gasteiger partial charge is 0.369 e. The number of rotatable bonds is 7. The molecule has 1 spiro atoms. The van der Waals surface area contributed by atoms with Gasteiger partial charge >= 0.3 is 0 Å². The van der Waals surface area contributed by atoms with Gasteiger partial charge in [0.15, 0.2) is 0 Å². The van der Waals surface area contributed by atoms with Crippen LogP contribution in [0.2, 0.25) is 25.7 Å². The molecule has 2 saturated heterocycles. The number of nitrogens with one attached hydrogen (secondary N) is 1. The summed E-state index contributed by atoms with van der Waals surface area (Å²) in [5.74, 6) is 0. The number of ether oxygens (including phenoxy) is 1. The molecule has 3 aromatic rings. The van der Waals surface area contributed by atoms with Crippen LogP contribution in [0.3, 0.4) is 0 Å². The van der Waals surface area contributed by atoms with Gasteiger partial charge in [0, 0.05) is 62.5 Å². The molecule has 3 aromatic heterocycles. The number of anilines is 1. The fourth-order valence-corrected chi connectivity index (χ4v) is 6.24. The number of aromatic nitrogens is 4. The van der Waals surface area contributed by atoms with E-state index in [0.29, 0.717) is 6.73 Å². The molecule has 8 heteroatoms. The second-order valence-electron chi connectivity index (χ2n) is 11.2. The maximum Gasteiger partial charge on any atom is 0.144 e. The molecule has 0 bridgehead atoms. The predicted octanol–water partition coefficient (Wildman–Crippen LogP) is 4.92. The van der Waals surface area contributed by atoms with Crippen molar-refractivity contribution in [3.05, 3.63) is 36.9 Å². The molecule has 0 radical (unpaired) electrons. The molecule has 0 aliphatic carbocycles. The topological polar surface area (TPSA) is 68.1 Å². The molecule has 34 heavy (non-hydrogen) atoms. The smallest absolute Gasteiger partial charge is 0.144 e. The van der Waals surface area contributed by atoms with Crippen LogP contribution in [0.15, 0.2) is 36.9 Å². The lowest BCUT2D eigenvalue weighted by atomic mass is 9.81. The van der Waals surface area contributed by atoms with Crippen LogP contribution in [0, 0.1) is 0 Å². The van der Waals surface area contributed by atoms with Crippen molar-refractivity contribution in [1.82, 2.24) is 25.1 Å². The first-order valence-corrected chi connectivity index (χ1v) is 16.5. The van der Waals surface area contributed by atoms with Crippen molar-refractivity contribution >= 4 is 24.8 Å². The molecule has 2 aliphatic heterocycles. The average molecular weight is 479 g/mol. The standard InChI is InChI=1S/C26H38N6OSi/c1-34(2,3)16-15-33-20-32-18-22(21-7-13-29-30-17-21)24-23(8-12-27-25(24)32)31-14-6-10-26(19-31)9-4-5-11-28-26/h7-8,12-13,17-18,28H,4-6,9-11,14-16,19-20H2,1-3H3. The summed E-state index contributed by atoms with van der Waals surface area (Å²) in [6, 6.07) is 5.39. The highest BCUT2D eigenvalue weighted by Crippen LogP contribution is 2.39. The maximum absolute atomic E-state index is 6.13. The highest BCUT2D eigenvalue weighted by Gasteiger charge is 2.37. The Morgan fingerprint density at radius 3 is 2.74 bits per heavy atom. The Balaban J connectivity index is 1.50. The quantitative estimate of drug-likeness (QED) is 0.384. The van der Waals surface area contributed by atoms with Crippen molar-refractivity contribution in [3.63, 3.8) is 0 Å². The van der Waals surface area contributed by atoms with Crippen molar-refractivity contribution in [2.24, 2.45) is 0 Å². The van der Waals surface area contributed by atoms with Gasteiger partial charge in [0.2, 0.25) is 0 Å². The molecular formula is C26H38N6OSi. The van der Waals surface area contributed by atoms with Crippen LogP contribution in [0.4, 0.5) is 5.69 Å². The van der Waals surface area contributed by atoms with E-state index in [1.54, 1.807) is 6.20 Å². The third-order valence-electron chi connectivity index (χ3n) is 7.36. The minimum atomic E-state index is -1.13. The van der Waals surface area contributed by atoms with Gasteiger partial charge in [-0.1, -0.05) is 26.1 Å². The summed E-state index contributed by atoms with van der Waals surface area (Å²) in [6.07, 6.45) is 14.1.